The number of hydrogen-bond donors (Lipinski definition) is 0. The molecular formula is C21H23NO4S. The fraction of sp³-hybridized carbons (Fsp3) is 0.238. The fourth-order valence-corrected chi connectivity index (χ4v) is 4.55. The summed E-state index contributed by atoms with van der Waals surface area (Å²) in [4.78, 5) is 0.240. The van der Waals surface area contributed by atoms with E-state index in [1.807, 2.05) is 26.0 Å². The zero-order valence-corrected chi connectivity index (χ0v) is 16.7. The molecule has 0 spiro atoms. The van der Waals surface area contributed by atoms with Crippen molar-refractivity contribution >= 4 is 10.0 Å². The quantitative estimate of drug-likeness (QED) is 0.630. The lowest BCUT2D eigenvalue weighted by atomic mass is 10.1. The topological polar surface area (TPSA) is 57.5 Å². The predicted molar refractivity (Wildman–Crippen MR) is 106 cm³/mol. The molecule has 3 rings (SSSR count). The molecule has 0 saturated carbocycles. The van der Waals surface area contributed by atoms with Gasteiger partial charge < -0.3 is 9.47 Å². The molecule has 0 radical (unpaired) electrons. The number of ether oxygens (including phenoxy) is 2. The summed E-state index contributed by atoms with van der Waals surface area (Å²) in [5.74, 6) is 1.24. The molecule has 3 aromatic rings. The number of aryl methyl sites for hydroxylation is 2. The maximum atomic E-state index is 13.4. The van der Waals surface area contributed by atoms with Crippen molar-refractivity contribution in [2.24, 2.45) is 0 Å². The summed E-state index contributed by atoms with van der Waals surface area (Å²) in [6.07, 6.45) is 0. The predicted octanol–water partition coefficient (Wildman–Crippen LogP) is 4.42. The molecule has 0 aliphatic heterocycles. The van der Waals surface area contributed by atoms with Crippen molar-refractivity contribution in [2.75, 3.05) is 13.7 Å². The second-order valence-corrected chi connectivity index (χ2v) is 8.03. The third-order valence-corrected chi connectivity index (χ3v) is 6.14. The molecule has 0 aliphatic carbocycles. The van der Waals surface area contributed by atoms with Crippen LogP contribution < -0.4 is 9.47 Å². The molecule has 1 aromatic heterocycles. The number of aromatic nitrogens is 1. The van der Waals surface area contributed by atoms with Gasteiger partial charge in [-0.2, -0.15) is 0 Å². The number of methoxy groups -OCH3 is 1. The summed E-state index contributed by atoms with van der Waals surface area (Å²) >= 11 is 0. The van der Waals surface area contributed by atoms with Crippen LogP contribution in [0.5, 0.6) is 11.5 Å². The first-order valence-electron chi connectivity index (χ1n) is 8.70. The lowest BCUT2D eigenvalue weighted by molar-refractivity contribution is 0.342. The molecule has 6 heteroatoms. The van der Waals surface area contributed by atoms with Gasteiger partial charge in [0.25, 0.3) is 10.0 Å². The summed E-state index contributed by atoms with van der Waals surface area (Å²) in [6.45, 7) is 6.00. The average Bonchev–Trinajstić information content (AvgIpc) is 2.99. The van der Waals surface area contributed by atoms with Crippen LogP contribution in [0.4, 0.5) is 0 Å². The highest BCUT2D eigenvalue weighted by Crippen LogP contribution is 2.37. The maximum absolute atomic E-state index is 13.4. The van der Waals surface area contributed by atoms with E-state index in [0.717, 1.165) is 11.1 Å². The van der Waals surface area contributed by atoms with E-state index in [1.165, 1.54) is 3.97 Å². The van der Waals surface area contributed by atoms with Gasteiger partial charge in [0.15, 0.2) is 0 Å². The zero-order valence-electron chi connectivity index (χ0n) is 15.9. The molecular weight excluding hydrogens is 362 g/mol. The minimum atomic E-state index is -3.77. The normalized spacial score (nSPS) is 11.4. The van der Waals surface area contributed by atoms with Crippen molar-refractivity contribution in [3.8, 4) is 22.8 Å². The molecule has 0 unspecified atom stereocenters. The van der Waals surface area contributed by atoms with Crippen molar-refractivity contribution in [1.82, 2.24) is 3.97 Å². The van der Waals surface area contributed by atoms with Crippen LogP contribution in [-0.2, 0) is 10.0 Å². The van der Waals surface area contributed by atoms with Gasteiger partial charge in [0.2, 0.25) is 0 Å². The Morgan fingerprint density at radius 2 is 1.59 bits per heavy atom. The molecule has 0 N–H and O–H groups in total. The van der Waals surface area contributed by atoms with Gasteiger partial charge in [0, 0.05) is 17.3 Å². The van der Waals surface area contributed by atoms with Gasteiger partial charge in [-0.1, -0.05) is 17.7 Å². The van der Waals surface area contributed by atoms with Crippen molar-refractivity contribution in [3.05, 3.63) is 65.9 Å². The Morgan fingerprint density at radius 1 is 0.963 bits per heavy atom. The summed E-state index contributed by atoms with van der Waals surface area (Å²) < 4.78 is 39.1. The van der Waals surface area contributed by atoms with Crippen LogP contribution in [0.1, 0.15) is 18.2 Å². The fourth-order valence-electron chi connectivity index (χ4n) is 2.99. The summed E-state index contributed by atoms with van der Waals surface area (Å²) in [5, 5.41) is 0. The molecule has 0 amide bonds. The Balaban J connectivity index is 2.24. The van der Waals surface area contributed by atoms with Crippen LogP contribution >= 0.6 is 0 Å². The average molecular weight is 385 g/mol. The van der Waals surface area contributed by atoms with Crippen LogP contribution in [0, 0.1) is 13.8 Å². The summed E-state index contributed by atoms with van der Waals surface area (Å²) in [6, 6.07) is 15.9. The molecule has 1 heterocycles. The Morgan fingerprint density at radius 3 is 2.15 bits per heavy atom. The maximum Gasteiger partial charge on any atom is 0.268 e. The molecule has 0 bridgehead atoms. The Bertz CT molecular complexity index is 1030. The first kappa shape index (κ1) is 19.0. The minimum absolute atomic E-state index is 0.240. The van der Waals surface area contributed by atoms with Gasteiger partial charge in [-0.3, -0.25) is 0 Å². The minimum Gasteiger partial charge on any atom is -0.497 e. The van der Waals surface area contributed by atoms with Crippen LogP contribution in [0.25, 0.3) is 11.3 Å². The Hall–Kier alpha value is -2.73. The number of hydrogen-bond acceptors (Lipinski definition) is 4. The van der Waals surface area contributed by atoms with Crippen molar-refractivity contribution in [3.63, 3.8) is 0 Å². The lowest BCUT2D eigenvalue weighted by Gasteiger charge is -2.14. The van der Waals surface area contributed by atoms with E-state index in [9.17, 15) is 8.42 Å². The third-order valence-electron chi connectivity index (χ3n) is 4.32. The van der Waals surface area contributed by atoms with Crippen LogP contribution in [-0.4, -0.2) is 26.1 Å². The lowest BCUT2D eigenvalue weighted by Crippen LogP contribution is -2.16. The molecule has 0 fully saturated rings. The van der Waals surface area contributed by atoms with E-state index in [1.54, 1.807) is 56.5 Å². The van der Waals surface area contributed by atoms with E-state index >= 15 is 0 Å². The second-order valence-electron chi connectivity index (χ2n) is 6.24. The van der Waals surface area contributed by atoms with Gasteiger partial charge in [-0.25, -0.2) is 12.4 Å². The van der Waals surface area contributed by atoms with Gasteiger partial charge in [0.05, 0.1) is 18.6 Å². The molecule has 5 nitrogen and oxygen atoms in total. The number of benzene rings is 2. The van der Waals surface area contributed by atoms with Crippen molar-refractivity contribution in [2.45, 2.75) is 25.7 Å². The number of rotatable bonds is 6. The standard InChI is InChI=1S/C21H23NO4S/c1-5-26-20-14-16(3)22(21(20)17-8-10-18(25-4)11-9-17)27(23,24)19-12-6-15(2)7-13-19/h6-14H,5H2,1-4H3. The van der Waals surface area contributed by atoms with E-state index in [4.69, 9.17) is 9.47 Å². The van der Waals surface area contributed by atoms with Crippen LogP contribution in [0.3, 0.4) is 0 Å². The first-order chi connectivity index (χ1) is 12.9. The van der Waals surface area contributed by atoms with Crippen molar-refractivity contribution < 1.29 is 17.9 Å². The highest BCUT2D eigenvalue weighted by atomic mass is 32.2. The number of nitrogens with zero attached hydrogens (tertiary/aromatic N) is 1. The van der Waals surface area contributed by atoms with E-state index in [-0.39, 0.29) is 4.90 Å². The zero-order chi connectivity index (χ0) is 19.6. The summed E-state index contributed by atoms with van der Waals surface area (Å²) in [7, 11) is -2.18. The van der Waals surface area contributed by atoms with Gasteiger partial charge in [0.1, 0.15) is 17.2 Å². The molecule has 142 valence electrons. The highest BCUT2D eigenvalue weighted by molar-refractivity contribution is 7.90. The second kappa shape index (κ2) is 7.48. The largest absolute Gasteiger partial charge is 0.497 e. The summed E-state index contributed by atoms with van der Waals surface area (Å²) in [5.41, 5.74) is 2.84. The SMILES string of the molecule is CCOc1cc(C)n(S(=O)(=O)c2ccc(C)cc2)c1-c1ccc(OC)cc1. The monoisotopic (exact) mass is 385 g/mol. The first-order valence-corrected chi connectivity index (χ1v) is 10.1. The Labute approximate surface area is 160 Å². The molecule has 0 atom stereocenters. The van der Waals surface area contributed by atoms with E-state index in [0.29, 0.717) is 29.5 Å². The smallest absolute Gasteiger partial charge is 0.268 e. The van der Waals surface area contributed by atoms with Crippen LogP contribution in [0.2, 0.25) is 0 Å². The molecule has 2 aromatic carbocycles. The van der Waals surface area contributed by atoms with Gasteiger partial charge in [-0.15, -0.1) is 0 Å². The van der Waals surface area contributed by atoms with E-state index < -0.39 is 10.0 Å². The van der Waals surface area contributed by atoms with Gasteiger partial charge >= 0.3 is 0 Å². The van der Waals surface area contributed by atoms with Crippen LogP contribution in [0.15, 0.2) is 59.5 Å². The third kappa shape index (κ3) is 3.57. The van der Waals surface area contributed by atoms with Gasteiger partial charge in [-0.05, 0) is 57.2 Å². The molecule has 27 heavy (non-hydrogen) atoms. The molecule has 0 aliphatic rings. The molecule has 0 saturated heterocycles. The van der Waals surface area contributed by atoms with E-state index in [2.05, 4.69) is 0 Å². The van der Waals surface area contributed by atoms with Crippen molar-refractivity contribution in [1.29, 1.82) is 0 Å². The Kier molecular flexibility index (Phi) is 5.28. The highest BCUT2D eigenvalue weighted by Gasteiger charge is 2.26.